The zero-order chi connectivity index (χ0) is 21.2. The fourth-order valence-electron chi connectivity index (χ4n) is 6.79. The van der Waals surface area contributed by atoms with Gasteiger partial charge < -0.3 is 19.1 Å². The van der Waals surface area contributed by atoms with Crippen molar-refractivity contribution in [1.29, 1.82) is 0 Å². The fraction of sp³-hybridized carbons (Fsp3) is 0.850. The van der Waals surface area contributed by atoms with Gasteiger partial charge in [-0.1, -0.05) is 13.8 Å². The Hall–Kier alpha value is -0.000000000000000222. The van der Waals surface area contributed by atoms with Crippen LogP contribution in [0.3, 0.4) is 0 Å². The normalized spacial score (nSPS) is 45.8. The van der Waals surface area contributed by atoms with E-state index in [0.29, 0.717) is 18.4 Å². The van der Waals surface area contributed by atoms with E-state index in [2.05, 4.69) is 18.0 Å². The summed E-state index contributed by atoms with van der Waals surface area (Å²) in [4.78, 5) is 12.1. The standard InChI is InChI=1S/C20H30O8S.Na/c1-18-7-5-16(21)19(2,11-27-29(23,24)25)14(18)4-8-20(3)15(18)10-13(28-20)12-6-9-26-17(12)22;/h6,13-16,21H,4-5,7-11H2,1-3H3,(H,23,24,25);/q;+1/p-1/t13-,14+,15-,16-,18-,19+,20-;/m1./s1. The molecule has 0 spiro atoms. The number of esters is 1. The molecule has 8 nitrogen and oxygen atoms in total. The molecule has 164 valence electrons. The van der Waals surface area contributed by atoms with Gasteiger partial charge in [0, 0.05) is 5.41 Å². The van der Waals surface area contributed by atoms with Crippen molar-refractivity contribution < 1.29 is 66.1 Å². The summed E-state index contributed by atoms with van der Waals surface area (Å²) in [6.07, 6.45) is 4.10. The quantitative estimate of drug-likeness (QED) is 0.242. The van der Waals surface area contributed by atoms with Crippen LogP contribution in [0, 0.1) is 22.7 Å². The molecule has 1 N–H and O–H groups in total. The first-order valence-corrected chi connectivity index (χ1v) is 11.6. The van der Waals surface area contributed by atoms with E-state index in [1.54, 1.807) is 6.08 Å². The average molecular weight is 453 g/mol. The van der Waals surface area contributed by atoms with Crippen LogP contribution in [0.4, 0.5) is 0 Å². The molecule has 2 saturated carbocycles. The number of aliphatic hydroxyl groups excluding tert-OH is 1. The first-order valence-electron chi connectivity index (χ1n) is 10.2. The van der Waals surface area contributed by atoms with Crippen molar-refractivity contribution in [1.82, 2.24) is 0 Å². The molecule has 0 aromatic carbocycles. The Morgan fingerprint density at radius 3 is 2.53 bits per heavy atom. The van der Waals surface area contributed by atoms with E-state index in [4.69, 9.17) is 9.47 Å². The second-order valence-electron chi connectivity index (χ2n) is 9.79. The summed E-state index contributed by atoms with van der Waals surface area (Å²) in [7, 11) is -4.84. The minimum absolute atomic E-state index is 0. The van der Waals surface area contributed by atoms with Gasteiger partial charge in [-0.15, -0.1) is 0 Å². The number of ether oxygens (including phenoxy) is 2. The van der Waals surface area contributed by atoms with Gasteiger partial charge in [0.25, 0.3) is 0 Å². The van der Waals surface area contributed by atoms with Gasteiger partial charge in [-0.2, -0.15) is 0 Å². The molecular formula is C20H29NaO8S. The van der Waals surface area contributed by atoms with E-state index in [0.717, 1.165) is 19.3 Å². The Kier molecular flexibility index (Phi) is 6.65. The molecule has 2 heterocycles. The van der Waals surface area contributed by atoms with Crippen LogP contribution in [0.1, 0.15) is 52.9 Å². The number of carbonyl (C=O) groups excluding carboxylic acids is 1. The number of fused-ring (bicyclic) bond motifs is 3. The second-order valence-corrected chi connectivity index (χ2v) is 10.8. The molecule has 0 aromatic heterocycles. The number of hydrogen-bond acceptors (Lipinski definition) is 8. The first kappa shape index (κ1) is 24.6. The van der Waals surface area contributed by atoms with Crippen LogP contribution < -0.4 is 29.6 Å². The number of hydrogen-bond donors (Lipinski definition) is 1. The van der Waals surface area contributed by atoms with Gasteiger partial charge in [-0.05, 0) is 62.4 Å². The van der Waals surface area contributed by atoms with Gasteiger partial charge in [0.2, 0.25) is 10.4 Å². The number of aliphatic hydroxyl groups is 1. The molecule has 0 radical (unpaired) electrons. The van der Waals surface area contributed by atoms with E-state index >= 15 is 0 Å². The molecule has 4 aliphatic rings. The predicted octanol–water partition coefficient (Wildman–Crippen LogP) is -1.31. The Labute approximate surface area is 200 Å². The van der Waals surface area contributed by atoms with Gasteiger partial charge in [-0.3, -0.25) is 4.18 Å². The Morgan fingerprint density at radius 1 is 1.23 bits per heavy atom. The van der Waals surface area contributed by atoms with Gasteiger partial charge >= 0.3 is 35.5 Å². The van der Waals surface area contributed by atoms with Crippen LogP contribution in [-0.2, 0) is 28.9 Å². The molecule has 10 heteroatoms. The van der Waals surface area contributed by atoms with Crippen LogP contribution in [0.15, 0.2) is 11.6 Å². The first-order chi connectivity index (χ1) is 13.4. The molecule has 30 heavy (non-hydrogen) atoms. The zero-order valence-corrected chi connectivity index (χ0v) is 20.9. The molecule has 2 aliphatic heterocycles. The van der Waals surface area contributed by atoms with Crippen LogP contribution in [-0.4, -0.2) is 55.1 Å². The fourth-order valence-corrected chi connectivity index (χ4v) is 7.18. The third-order valence-electron chi connectivity index (χ3n) is 8.25. The van der Waals surface area contributed by atoms with Gasteiger partial charge in [0.05, 0.1) is 30.0 Å². The maximum absolute atomic E-state index is 12.1. The Morgan fingerprint density at radius 2 is 1.93 bits per heavy atom. The molecule has 0 bridgehead atoms. The van der Waals surface area contributed by atoms with Crippen molar-refractivity contribution >= 4 is 16.4 Å². The van der Waals surface area contributed by atoms with Crippen molar-refractivity contribution in [3.8, 4) is 0 Å². The summed E-state index contributed by atoms with van der Waals surface area (Å²) in [6.45, 7) is 6.02. The van der Waals surface area contributed by atoms with Gasteiger partial charge in [0.15, 0.2) is 0 Å². The molecular weight excluding hydrogens is 423 g/mol. The van der Waals surface area contributed by atoms with Crippen LogP contribution in [0.25, 0.3) is 0 Å². The van der Waals surface area contributed by atoms with Crippen molar-refractivity contribution in [3.63, 3.8) is 0 Å². The van der Waals surface area contributed by atoms with Crippen LogP contribution in [0.2, 0.25) is 0 Å². The van der Waals surface area contributed by atoms with E-state index < -0.39 is 27.5 Å². The van der Waals surface area contributed by atoms with Crippen LogP contribution >= 0.6 is 0 Å². The summed E-state index contributed by atoms with van der Waals surface area (Å²) in [5, 5.41) is 10.8. The maximum Gasteiger partial charge on any atom is 1.00 e. The molecule has 0 unspecified atom stereocenters. The van der Waals surface area contributed by atoms with Crippen molar-refractivity contribution in [3.05, 3.63) is 11.6 Å². The van der Waals surface area contributed by atoms with Crippen molar-refractivity contribution in [2.45, 2.75) is 70.7 Å². The Bertz CT molecular complexity index is 844. The largest absolute Gasteiger partial charge is 1.00 e. The van der Waals surface area contributed by atoms with Crippen LogP contribution in [0.5, 0.6) is 0 Å². The summed E-state index contributed by atoms with van der Waals surface area (Å²) in [5.41, 5.74) is -0.918. The van der Waals surface area contributed by atoms with Crippen molar-refractivity contribution in [2.75, 3.05) is 13.2 Å². The van der Waals surface area contributed by atoms with E-state index in [9.17, 15) is 22.9 Å². The van der Waals surface area contributed by atoms with E-state index in [-0.39, 0.29) is 72.1 Å². The summed E-state index contributed by atoms with van der Waals surface area (Å²) >= 11 is 0. The molecule has 3 fully saturated rings. The van der Waals surface area contributed by atoms with E-state index in [1.807, 2.05) is 6.92 Å². The summed E-state index contributed by atoms with van der Waals surface area (Å²) in [6, 6.07) is 0. The third kappa shape index (κ3) is 3.94. The number of carbonyl (C=O) groups is 1. The maximum atomic E-state index is 12.1. The topological polar surface area (TPSA) is 122 Å². The second kappa shape index (κ2) is 8.09. The third-order valence-corrected chi connectivity index (χ3v) is 8.65. The number of cyclic esters (lactones) is 1. The zero-order valence-electron chi connectivity index (χ0n) is 18.0. The summed E-state index contributed by atoms with van der Waals surface area (Å²) < 4.78 is 49.4. The molecule has 0 aromatic rings. The van der Waals surface area contributed by atoms with Gasteiger partial charge in [0.1, 0.15) is 6.61 Å². The predicted molar refractivity (Wildman–Crippen MR) is 100 cm³/mol. The van der Waals surface area contributed by atoms with Gasteiger partial charge in [-0.25, -0.2) is 13.2 Å². The minimum Gasteiger partial charge on any atom is -0.726 e. The monoisotopic (exact) mass is 452 g/mol. The molecule has 4 rings (SSSR count). The average Bonchev–Trinajstić information content (AvgIpc) is 3.20. The number of rotatable bonds is 4. The summed E-state index contributed by atoms with van der Waals surface area (Å²) in [5.74, 6) is -0.230. The molecule has 1 saturated heterocycles. The minimum atomic E-state index is -4.84. The van der Waals surface area contributed by atoms with Crippen molar-refractivity contribution in [2.24, 2.45) is 22.7 Å². The SMILES string of the molecule is C[C@]1(COS(=O)(=O)[O-])[C@H]2CC[C@@]3(C)O[C@@H](C4=CCOC4=O)C[C@@H]3[C@]2(C)CC[C@H]1O.[Na+]. The van der Waals surface area contributed by atoms with E-state index in [1.165, 1.54) is 0 Å². The smallest absolute Gasteiger partial charge is 0.726 e. The molecule has 0 amide bonds. The molecule has 7 atom stereocenters. The Balaban J connectivity index is 0.00000256. The molecule has 2 aliphatic carbocycles.